The van der Waals surface area contributed by atoms with E-state index in [4.69, 9.17) is 14.6 Å². The minimum atomic E-state index is -1.00. The third kappa shape index (κ3) is 3.87. The first-order chi connectivity index (χ1) is 10.0. The summed E-state index contributed by atoms with van der Waals surface area (Å²) in [6, 6.07) is 6.12. The largest absolute Gasteiger partial charge is 0.497 e. The van der Waals surface area contributed by atoms with Crippen molar-refractivity contribution in [3.63, 3.8) is 0 Å². The zero-order valence-corrected chi connectivity index (χ0v) is 12.1. The van der Waals surface area contributed by atoms with Gasteiger partial charge in [0.1, 0.15) is 17.5 Å². The molecule has 6 heteroatoms. The molecule has 1 aliphatic carbocycles. The summed E-state index contributed by atoms with van der Waals surface area (Å²) in [4.78, 5) is 24.7. The van der Waals surface area contributed by atoms with Crippen LogP contribution in [-0.2, 0) is 9.59 Å². The minimum absolute atomic E-state index is 0.0255. The molecule has 1 aromatic rings. The number of benzene rings is 1. The fourth-order valence-corrected chi connectivity index (χ4v) is 2.12. The van der Waals surface area contributed by atoms with Crippen LogP contribution in [-0.4, -0.2) is 47.7 Å². The smallest absolute Gasteiger partial charge is 0.326 e. The Labute approximate surface area is 123 Å². The van der Waals surface area contributed by atoms with Gasteiger partial charge < -0.3 is 19.5 Å². The Morgan fingerprint density at radius 1 is 1.38 bits per heavy atom. The lowest BCUT2D eigenvalue weighted by Crippen LogP contribution is -2.46. The highest BCUT2D eigenvalue weighted by Gasteiger charge is 2.38. The molecule has 0 aliphatic heterocycles. The number of carbonyl (C=O) groups excluding carboxylic acids is 1. The number of aliphatic carboxylic acids is 1. The highest BCUT2D eigenvalue weighted by molar-refractivity contribution is 5.84. The van der Waals surface area contributed by atoms with Crippen molar-refractivity contribution in [2.45, 2.75) is 31.8 Å². The van der Waals surface area contributed by atoms with E-state index in [1.54, 1.807) is 31.4 Å². The van der Waals surface area contributed by atoms with E-state index in [2.05, 4.69) is 0 Å². The Balaban J connectivity index is 1.97. The molecule has 6 nitrogen and oxygen atoms in total. The van der Waals surface area contributed by atoms with Gasteiger partial charge in [-0.15, -0.1) is 0 Å². The molecule has 1 aromatic carbocycles. The molecule has 0 aromatic heterocycles. The molecule has 1 aliphatic rings. The van der Waals surface area contributed by atoms with E-state index < -0.39 is 12.0 Å². The molecular formula is C15H19NO5. The van der Waals surface area contributed by atoms with Gasteiger partial charge in [0, 0.05) is 12.1 Å². The molecule has 0 bridgehead atoms. The molecular weight excluding hydrogens is 274 g/mol. The number of carbonyl (C=O) groups is 2. The molecule has 114 valence electrons. The summed E-state index contributed by atoms with van der Waals surface area (Å²) in [5.41, 5.74) is 0. The van der Waals surface area contributed by atoms with E-state index in [0.717, 1.165) is 12.8 Å². The average Bonchev–Trinajstić information content (AvgIpc) is 3.30. The van der Waals surface area contributed by atoms with Crippen LogP contribution in [0.3, 0.4) is 0 Å². The second-order valence-electron chi connectivity index (χ2n) is 5.01. The van der Waals surface area contributed by atoms with Gasteiger partial charge in [0.25, 0.3) is 5.91 Å². The Bertz CT molecular complexity index is 527. The number of ether oxygens (including phenoxy) is 2. The van der Waals surface area contributed by atoms with Gasteiger partial charge in [-0.05, 0) is 31.9 Å². The standard InChI is InChI=1S/C15H19NO5/c1-10(15(18)19)16(11-6-7-11)14(17)9-21-13-5-3-4-12(8-13)20-2/h3-5,8,10-11H,6-7,9H2,1-2H3,(H,18,19). The fourth-order valence-electron chi connectivity index (χ4n) is 2.12. The van der Waals surface area contributed by atoms with Gasteiger partial charge >= 0.3 is 5.97 Å². The predicted molar refractivity (Wildman–Crippen MR) is 75.5 cm³/mol. The molecule has 2 rings (SSSR count). The van der Waals surface area contributed by atoms with E-state index in [-0.39, 0.29) is 18.6 Å². The average molecular weight is 293 g/mol. The molecule has 0 radical (unpaired) electrons. The first-order valence-electron chi connectivity index (χ1n) is 6.83. The maximum Gasteiger partial charge on any atom is 0.326 e. The van der Waals surface area contributed by atoms with Crippen molar-refractivity contribution in [2.75, 3.05) is 13.7 Å². The van der Waals surface area contributed by atoms with Crippen LogP contribution in [0.5, 0.6) is 11.5 Å². The maximum absolute atomic E-state index is 12.2. The zero-order chi connectivity index (χ0) is 15.4. The van der Waals surface area contributed by atoms with Gasteiger partial charge in [0.2, 0.25) is 0 Å². The third-order valence-electron chi connectivity index (χ3n) is 3.41. The number of carboxylic acids is 1. The number of amides is 1. The molecule has 1 N–H and O–H groups in total. The van der Waals surface area contributed by atoms with Crippen LogP contribution in [0.25, 0.3) is 0 Å². The van der Waals surface area contributed by atoms with E-state index in [1.807, 2.05) is 0 Å². The number of hydrogen-bond donors (Lipinski definition) is 1. The van der Waals surface area contributed by atoms with Gasteiger partial charge in [-0.2, -0.15) is 0 Å². The molecule has 1 unspecified atom stereocenters. The van der Waals surface area contributed by atoms with Crippen molar-refractivity contribution in [3.05, 3.63) is 24.3 Å². The van der Waals surface area contributed by atoms with Crippen LogP contribution in [0, 0.1) is 0 Å². The van der Waals surface area contributed by atoms with Gasteiger partial charge in [0.05, 0.1) is 7.11 Å². The molecule has 1 amide bonds. The van der Waals surface area contributed by atoms with Gasteiger partial charge in [-0.25, -0.2) is 4.79 Å². The van der Waals surface area contributed by atoms with Crippen molar-refractivity contribution < 1.29 is 24.2 Å². The SMILES string of the molecule is COc1cccc(OCC(=O)N(C2CC2)C(C)C(=O)O)c1. The lowest BCUT2D eigenvalue weighted by Gasteiger charge is -2.26. The molecule has 0 heterocycles. The van der Waals surface area contributed by atoms with Crippen LogP contribution in [0.1, 0.15) is 19.8 Å². The van der Waals surface area contributed by atoms with Crippen LogP contribution in [0.4, 0.5) is 0 Å². The molecule has 0 spiro atoms. The zero-order valence-electron chi connectivity index (χ0n) is 12.1. The van der Waals surface area contributed by atoms with Gasteiger partial charge in [0.15, 0.2) is 6.61 Å². The Hall–Kier alpha value is -2.24. The summed E-state index contributed by atoms with van der Waals surface area (Å²) in [5, 5.41) is 9.08. The maximum atomic E-state index is 12.2. The first kappa shape index (κ1) is 15.2. The van der Waals surface area contributed by atoms with E-state index in [9.17, 15) is 9.59 Å². The van der Waals surface area contributed by atoms with E-state index in [0.29, 0.717) is 11.5 Å². The summed E-state index contributed by atoms with van der Waals surface area (Å²) in [6.07, 6.45) is 1.70. The van der Waals surface area contributed by atoms with Crippen LogP contribution in [0.2, 0.25) is 0 Å². The van der Waals surface area contributed by atoms with Crippen molar-refractivity contribution in [2.24, 2.45) is 0 Å². The summed E-state index contributed by atoms with van der Waals surface area (Å²) >= 11 is 0. The molecule has 1 fully saturated rings. The monoisotopic (exact) mass is 293 g/mol. The highest BCUT2D eigenvalue weighted by Crippen LogP contribution is 2.29. The Kier molecular flexibility index (Phi) is 4.67. The number of methoxy groups -OCH3 is 1. The quantitative estimate of drug-likeness (QED) is 0.825. The summed E-state index contributed by atoms with van der Waals surface area (Å²) in [7, 11) is 1.55. The summed E-state index contributed by atoms with van der Waals surface area (Å²) < 4.78 is 10.5. The predicted octanol–water partition coefficient (Wildman–Crippen LogP) is 1.54. The van der Waals surface area contributed by atoms with E-state index in [1.165, 1.54) is 11.8 Å². The molecule has 1 atom stereocenters. The molecule has 1 saturated carbocycles. The van der Waals surface area contributed by atoms with Gasteiger partial charge in [-0.1, -0.05) is 6.07 Å². The van der Waals surface area contributed by atoms with Crippen molar-refractivity contribution in [1.29, 1.82) is 0 Å². The van der Waals surface area contributed by atoms with Crippen molar-refractivity contribution >= 4 is 11.9 Å². The summed E-state index contributed by atoms with van der Waals surface area (Å²) in [6.45, 7) is 1.34. The topological polar surface area (TPSA) is 76.1 Å². The lowest BCUT2D eigenvalue weighted by atomic mass is 10.2. The second-order valence-corrected chi connectivity index (χ2v) is 5.01. The van der Waals surface area contributed by atoms with E-state index >= 15 is 0 Å². The number of nitrogens with zero attached hydrogens (tertiary/aromatic N) is 1. The lowest BCUT2D eigenvalue weighted by molar-refractivity contribution is -0.150. The number of hydrogen-bond acceptors (Lipinski definition) is 4. The van der Waals surface area contributed by atoms with Crippen LogP contribution >= 0.6 is 0 Å². The Morgan fingerprint density at radius 2 is 2.05 bits per heavy atom. The number of rotatable bonds is 7. The summed E-state index contributed by atoms with van der Waals surface area (Å²) in [5.74, 6) is -0.161. The molecule has 0 saturated heterocycles. The Morgan fingerprint density at radius 3 is 2.62 bits per heavy atom. The van der Waals surface area contributed by atoms with Gasteiger partial charge in [-0.3, -0.25) is 4.79 Å². The highest BCUT2D eigenvalue weighted by atomic mass is 16.5. The van der Waals surface area contributed by atoms with Crippen LogP contribution < -0.4 is 9.47 Å². The molecule has 21 heavy (non-hydrogen) atoms. The first-order valence-corrected chi connectivity index (χ1v) is 6.83. The van der Waals surface area contributed by atoms with Crippen LogP contribution in [0.15, 0.2) is 24.3 Å². The number of carboxylic acid groups (broad SMARTS) is 1. The second kappa shape index (κ2) is 6.47. The van der Waals surface area contributed by atoms with Crippen molar-refractivity contribution in [1.82, 2.24) is 4.90 Å². The van der Waals surface area contributed by atoms with Crippen molar-refractivity contribution in [3.8, 4) is 11.5 Å². The third-order valence-corrected chi connectivity index (χ3v) is 3.41. The normalized spacial score (nSPS) is 15.1. The minimum Gasteiger partial charge on any atom is -0.497 e. The fraction of sp³-hybridized carbons (Fsp3) is 0.467.